The number of carboxylic acids is 1. The van der Waals surface area contributed by atoms with Gasteiger partial charge in [-0.25, -0.2) is 0 Å². The predicted octanol–water partition coefficient (Wildman–Crippen LogP) is 8.47. The van der Waals surface area contributed by atoms with Gasteiger partial charge in [-0.2, -0.15) is 0 Å². The summed E-state index contributed by atoms with van der Waals surface area (Å²) in [7, 11) is 3.92. The van der Waals surface area contributed by atoms with E-state index in [0.717, 1.165) is 33.0 Å². The van der Waals surface area contributed by atoms with Gasteiger partial charge in [0.2, 0.25) is 0 Å². The Labute approximate surface area is 259 Å². The van der Waals surface area contributed by atoms with Gasteiger partial charge in [-0.1, -0.05) is 75.2 Å². The molecule has 4 aromatic rings. The normalized spacial score (nSPS) is 11.0. The van der Waals surface area contributed by atoms with Gasteiger partial charge in [0.05, 0.1) is 4.88 Å². The summed E-state index contributed by atoms with van der Waals surface area (Å²) < 4.78 is 6.05. The number of hydrogen-bond acceptors (Lipinski definition) is 5. The molecule has 4 rings (SSSR count). The minimum atomic E-state index is -1.04. The summed E-state index contributed by atoms with van der Waals surface area (Å²) in [5.74, 6) is 0.147. The van der Waals surface area contributed by atoms with Crippen LogP contribution in [0.5, 0.6) is 5.75 Å². The fraction of sp³-hybridized carbons (Fsp3) is 0.333. The van der Waals surface area contributed by atoms with E-state index in [9.17, 15) is 14.7 Å². The number of carboxylic acid groups (broad SMARTS) is 1. The lowest BCUT2D eigenvalue weighted by atomic mass is 9.90. The molecule has 226 valence electrons. The molecule has 43 heavy (non-hydrogen) atoms. The van der Waals surface area contributed by atoms with Crippen LogP contribution in [0.1, 0.15) is 71.8 Å². The Balaban J connectivity index is 1.37. The third-order valence-corrected chi connectivity index (χ3v) is 8.65. The lowest BCUT2D eigenvalue weighted by molar-refractivity contribution is -0.137. The van der Waals surface area contributed by atoms with Crippen molar-refractivity contribution < 1.29 is 19.4 Å². The fourth-order valence-corrected chi connectivity index (χ4v) is 6.17. The van der Waals surface area contributed by atoms with Crippen molar-refractivity contribution in [1.29, 1.82) is 0 Å². The molecular weight excluding hydrogens is 556 g/mol. The SMILES string of the molecule is CCCC(CCC)c1ccc(OCc2ccc(-c3ccc(C(=O)N(CC(=O)O)Cc4ccc(N(C)C)cc4)s3)cc2)cc1. The molecule has 0 aliphatic heterocycles. The molecule has 1 amide bonds. The number of thiophene rings is 1. The van der Waals surface area contributed by atoms with E-state index < -0.39 is 5.97 Å². The highest BCUT2D eigenvalue weighted by Crippen LogP contribution is 2.31. The molecule has 7 heteroatoms. The highest BCUT2D eigenvalue weighted by Gasteiger charge is 2.21. The Morgan fingerprint density at radius 2 is 1.44 bits per heavy atom. The van der Waals surface area contributed by atoms with E-state index in [1.54, 1.807) is 6.07 Å². The molecule has 0 unspecified atom stereocenters. The summed E-state index contributed by atoms with van der Waals surface area (Å²) in [4.78, 5) is 29.7. The average molecular weight is 599 g/mol. The summed E-state index contributed by atoms with van der Waals surface area (Å²) >= 11 is 1.37. The van der Waals surface area contributed by atoms with Gasteiger partial charge in [0.1, 0.15) is 18.9 Å². The summed E-state index contributed by atoms with van der Waals surface area (Å²) in [6.07, 6.45) is 4.81. The molecule has 0 spiro atoms. The Morgan fingerprint density at radius 3 is 2.02 bits per heavy atom. The van der Waals surface area contributed by atoms with Gasteiger partial charge in [-0.05, 0) is 77.4 Å². The Bertz CT molecular complexity index is 1450. The van der Waals surface area contributed by atoms with Gasteiger partial charge in [0, 0.05) is 31.2 Å². The van der Waals surface area contributed by atoms with E-state index >= 15 is 0 Å². The molecule has 0 saturated carbocycles. The second-order valence-corrected chi connectivity index (χ2v) is 12.2. The lowest BCUT2D eigenvalue weighted by Crippen LogP contribution is -2.34. The van der Waals surface area contributed by atoms with Crippen LogP contribution in [0.15, 0.2) is 84.9 Å². The minimum Gasteiger partial charge on any atom is -0.489 e. The lowest BCUT2D eigenvalue weighted by Gasteiger charge is -2.21. The number of anilines is 1. The number of aliphatic carboxylic acids is 1. The van der Waals surface area contributed by atoms with E-state index in [1.807, 2.05) is 73.6 Å². The first kappa shape index (κ1) is 31.8. The first-order valence-corrected chi connectivity index (χ1v) is 15.8. The van der Waals surface area contributed by atoms with E-state index in [0.29, 0.717) is 17.4 Å². The van der Waals surface area contributed by atoms with Crippen LogP contribution in [0.3, 0.4) is 0 Å². The maximum Gasteiger partial charge on any atom is 0.323 e. The highest BCUT2D eigenvalue weighted by molar-refractivity contribution is 7.17. The second-order valence-electron chi connectivity index (χ2n) is 11.1. The number of carbonyl (C=O) groups is 2. The average Bonchev–Trinajstić information content (AvgIpc) is 3.50. The van der Waals surface area contributed by atoms with E-state index in [2.05, 4.69) is 38.1 Å². The molecule has 0 aliphatic carbocycles. The molecule has 0 bridgehead atoms. The molecule has 6 nitrogen and oxygen atoms in total. The van der Waals surface area contributed by atoms with Crippen LogP contribution in [0.25, 0.3) is 10.4 Å². The summed E-state index contributed by atoms with van der Waals surface area (Å²) in [6, 6.07) is 28.1. The summed E-state index contributed by atoms with van der Waals surface area (Å²) in [6.45, 7) is 4.82. The number of carbonyl (C=O) groups excluding carboxylic acids is 1. The number of nitrogens with zero attached hydrogens (tertiary/aromatic N) is 2. The first-order chi connectivity index (χ1) is 20.8. The highest BCUT2D eigenvalue weighted by atomic mass is 32.1. The van der Waals surface area contributed by atoms with Crippen LogP contribution in [0.4, 0.5) is 5.69 Å². The summed E-state index contributed by atoms with van der Waals surface area (Å²) in [5, 5.41) is 9.47. The van der Waals surface area contributed by atoms with Crippen LogP contribution < -0.4 is 9.64 Å². The van der Waals surface area contributed by atoms with Crippen LogP contribution in [0, 0.1) is 0 Å². The topological polar surface area (TPSA) is 70.1 Å². The van der Waals surface area contributed by atoms with Crippen LogP contribution >= 0.6 is 11.3 Å². The zero-order chi connectivity index (χ0) is 30.8. The summed E-state index contributed by atoms with van der Waals surface area (Å²) in [5.41, 5.74) is 5.36. The molecule has 0 radical (unpaired) electrons. The Kier molecular flexibility index (Phi) is 11.4. The van der Waals surface area contributed by atoms with Crippen molar-refractivity contribution >= 4 is 28.9 Å². The molecular formula is C36H42N2O4S. The fourth-order valence-electron chi connectivity index (χ4n) is 5.19. The van der Waals surface area contributed by atoms with E-state index in [1.165, 1.54) is 47.5 Å². The van der Waals surface area contributed by atoms with Gasteiger partial charge in [0.25, 0.3) is 5.91 Å². The monoisotopic (exact) mass is 598 g/mol. The quantitative estimate of drug-likeness (QED) is 0.149. The van der Waals surface area contributed by atoms with Crippen molar-refractivity contribution in [3.8, 4) is 16.2 Å². The third kappa shape index (κ3) is 8.94. The van der Waals surface area contributed by atoms with Crippen molar-refractivity contribution in [3.05, 3.63) is 106 Å². The zero-order valence-corrected chi connectivity index (χ0v) is 26.4. The maximum absolute atomic E-state index is 13.4. The molecule has 3 aromatic carbocycles. The molecule has 1 aromatic heterocycles. The van der Waals surface area contributed by atoms with Gasteiger partial charge >= 0.3 is 5.97 Å². The number of ether oxygens (including phenoxy) is 1. The van der Waals surface area contributed by atoms with Crippen LogP contribution in [0.2, 0.25) is 0 Å². The molecule has 0 atom stereocenters. The number of benzene rings is 3. The number of rotatable bonds is 15. The van der Waals surface area contributed by atoms with Crippen LogP contribution in [-0.2, 0) is 17.9 Å². The Hall–Kier alpha value is -4.10. The number of amides is 1. The van der Waals surface area contributed by atoms with E-state index in [-0.39, 0.29) is 19.0 Å². The first-order valence-electron chi connectivity index (χ1n) is 15.0. The smallest absolute Gasteiger partial charge is 0.323 e. The largest absolute Gasteiger partial charge is 0.489 e. The minimum absolute atomic E-state index is 0.224. The number of hydrogen-bond donors (Lipinski definition) is 1. The van der Waals surface area contributed by atoms with Crippen molar-refractivity contribution in [2.45, 2.75) is 58.6 Å². The van der Waals surface area contributed by atoms with Gasteiger partial charge in [0.15, 0.2) is 0 Å². The molecule has 1 N–H and O–H groups in total. The predicted molar refractivity (Wildman–Crippen MR) is 176 cm³/mol. The van der Waals surface area contributed by atoms with E-state index in [4.69, 9.17) is 4.74 Å². The second kappa shape index (κ2) is 15.4. The van der Waals surface area contributed by atoms with Crippen molar-refractivity contribution in [2.75, 3.05) is 25.5 Å². The van der Waals surface area contributed by atoms with Crippen molar-refractivity contribution in [2.24, 2.45) is 0 Å². The molecule has 0 aliphatic rings. The molecule has 1 heterocycles. The Morgan fingerprint density at radius 1 is 0.814 bits per heavy atom. The maximum atomic E-state index is 13.4. The van der Waals surface area contributed by atoms with Crippen molar-refractivity contribution in [1.82, 2.24) is 4.90 Å². The van der Waals surface area contributed by atoms with Crippen molar-refractivity contribution in [3.63, 3.8) is 0 Å². The van der Waals surface area contributed by atoms with Gasteiger partial charge in [-0.3, -0.25) is 9.59 Å². The van der Waals surface area contributed by atoms with Gasteiger partial charge in [-0.15, -0.1) is 11.3 Å². The van der Waals surface area contributed by atoms with Crippen LogP contribution in [-0.4, -0.2) is 42.5 Å². The standard InChI is InChI=1S/C36H42N2O4S/c1-5-7-28(8-6-2)29-15-19-32(20-16-29)42-25-27-9-13-30(14-10-27)33-21-22-34(43-33)36(41)38(24-35(39)40)23-26-11-17-31(18-12-26)37(3)4/h9-22,28H,5-8,23-25H2,1-4H3,(H,39,40). The molecule has 0 fully saturated rings. The third-order valence-electron chi connectivity index (χ3n) is 7.53. The van der Waals surface area contributed by atoms with Gasteiger partial charge < -0.3 is 19.6 Å². The molecule has 0 saturated heterocycles. The zero-order valence-electron chi connectivity index (χ0n) is 25.6.